The summed E-state index contributed by atoms with van der Waals surface area (Å²) in [5.41, 5.74) is 2.03. The van der Waals surface area contributed by atoms with E-state index >= 15 is 0 Å². The number of carbonyl (C=O) groups is 1. The molecule has 1 fully saturated rings. The summed E-state index contributed by atoms with van der Waals surface area (Å²) in [6.07, 6.45) is 3.62. The van der Waals surface area contributed by atoms with E-state index < -0.39 is 23.5 Å². The second-order valence-electron chi connectivity index (χ2n) is 8.65. The summed E-state index contributed by atoms with van der Waals surface area (Å²) in [6, 6.07) is 5.38. The van der Waals surface area contributed by atoms with Gasteiger partial charge in [-0.1, -0.05) is 0 Å². The number of pyridine rings is 1. The lowest BCUT2D eigenvalue weighted by Gasteiger charge is -2.37. The summed E-state index contributed by atoms with van der Waals surface area (Å²) in [5.74, 6) is -1.21. The van der Waals surface area contributed by atoms with Gasteiger partial charge < -0.3 is 9.80 Å². The number of hydrazone groups is 1. The number of carbonyl (C=O) groups excluding carboxylic acids is 1. The van der Waals surface area contributed by atoms with Crippen molar-refractivity contribution in [3.05, 3.63) is 65.1 Å². The maximum atomic E-state index is 14.6. The van der Waals surface area contributed by atoms with Crippen molar-refractivity contribution in [2.75, 3.05) is 31.1 Å². The van der Waals surface area contributed by atoms with E-state index in [9.17, 15) is 18.0 Å². The number of nitrogens with zero attached hydrogens (tertiary/aromatic N) is 7. The van der Waals surface area contributed by atoms with Crippen LogP contribution in [0, 0.1) is 24.4 Å². The van der Waals surface area contributed by atoms with E-state index in [-0.39, 0.29) is 11.7 Å². The largest absolute Gasteiger partial charge is 0.353 e. The topological polar surface area (TPSA) is 69.9 Å². The Balaban J connectivity index is 1.29. The van der Waals surface area contributed by atoms with E-state index in [2.05, 4.69) is 15.2 Å². The average Bonchev–Trinajstić information content (AvgIpc) is 3.45. The van der Waals surface area contributed by atoms with Crippen LogP contribution in [0.1, 0.15) is 23.6 Å². The van der Waals surface area contributed by atoms with Gasteiger partial charge in [-0.15, -0.1) is 0 Å². The van der Waals surface area contributed by atoms with Crippen LogP contribution in [-0.2, 0) is 7.05 Å². The van der Waals surface area contributed by atoms with E-state index in [1.807, 2.05) is 11.8 Å². The first-order valence-electron chi connectivity index (χ1n) is 11.3. The highest BCUT2D eigenvalue weighted by atomic mass is 19.1. The van der Waals surface area contributed by atoms with E-state index in [1.54, 1.807) is 35.1 Å². The quantitative estimate of drug-likeness (QED) is 0.567. The van der Waals surface area contributed by atoms with Gasteiger partial charge in [0, 0.05) is 51.9 Å². The second-order valence-corrected chi connectivity index (χ2v) is 8.65. The van der Waals surface area contributed by atoms with Crippen molar-refractivity contribution in [2.45, 2.75) is 19.4 Å². The van der Waals surface area contributed by atoms with Gasteiger partial charge in [0.2, 0.25) is 0 Å². The van der Waals surface area contributed by atoms with Gasteiger partial charge in [-0.2, -0.15) is 10.2 Å². The molecule has 4 heterocycles. The van der Waals surface area contributed by atoms with E-state index in [0.717, 1.165) is 11.6 Å². The molecule has 1 aromatic carbocycles. The van der Waals surface area contributed by atoms with Crippen LogP contribution in [0.15, 0.2) is 41.6 Å². The third-order valence-electron chi connectivity index (χ3n) is 6.35. The Kier molecular flexibility index (Phi) is 5.91. The molecule has 0 radical (unpaired) electrons. The van der Waals surface area contributed by atoms with Crippen LogP contribution < -0.4 is 4.90 Å². The SMILES string of the molecule is Cc1cnn(C)c1-c1nc(N2CCN(C(=O)N3N=CC[C@H]3c3cc(F)cc(F)c3)CC2)ccc1F. The number of rotatable bonds is 3. The molecule has 182 valence electrons. The summed E-state index contributed by atoms with van der Waals surface area (Å²) < 4.78 is 43.6. The molecule has 0 saturated carbocycles. The van der Waals surface area contributed by atoms with Gasteiger partial charge in [0.25, 0.3) is 0 Å². The smallest absolute Gasteiger partial charge is 0.341 e. The average molecular weight is 483 g/mol. The van der Waals surface area contributed by atoms with Crippen molar-refractivity contribution in [1.29, 1.82) is 0 Å². The van der Waals surface area contributed by atoms with Crippen LogP contribution in [0.3, 0.4) is 0 Å². The molecule has 2 aliphatic rings. The number of halogens is 3. The molecule has 2 aromatic heterocycles. The summed E-state index contributed by atoms with van der Waals surface area (Å²) >= 11 is 0. The molecule has 3 aromatic rings. The van der Waals surface area contributed by atoms with Gasteiger partial charge in [0.05, 0.1) is 17.9 Å². The van der Waals surface area contributed by atoms with Crippen molar-refractivity contribution in [3.8, 4) is 11.4 Å². The van der Waals surface area contributed by atoms with E-state index in [1.165, 1.54) is 23.2 Å². The monoisotopic (exact) mass is 483 g/mol. The van der Waals surface area contributed by atoms with Crippen molar-refractivity contribution >= 4 is 18.1 Å². The number of amides is 2. The van der Waals surface area contributed by atoms with Crippen LogP contribution in [0.2, 0.25) is 0 Å². The normalized spacial score (nSPS) is 18.0. The summed E-state index contributed by atoms with van der Waals surface area (Å²) in [4.78, 5) is 21.4. The zero-order chi connectivity index (χ0) is 24.7. The lowest BCUT2D eigenvalue weighted by molar-refractivity contribution is 0.139. The van der Waals surface area contributed by atoms with Gasteiger partial charge in [-0.3, -0.25) is 4.68 Å². The lowest BCUT2D eigenvalue weighted by atomic mass is 10.0. The zero-order valence-corrected chi connectivity index (χ0v) is 19.3. The Labute approximate surface area is 200 Å². The van der Waals surface area contributed by atoms with Gasteiger partial charge in [-0.05, 0) is 42.3 Å². The molecule has 0 spiro atoms. The second kappa shape index (κ2) is 9.05. The lowest BCUT2D eigenvalue weighted by Crippen LogP contribution is -2.52. The standard InChI is InChI=1S/C24H24F3N7O/c1-15-14-29-31(2)23(15)22-19(27)3-4-21(30-22)32-7-9-33(10-8-32)24(35)34-20(5-6-28-34)16-11-17(25)13-18(26)12-16/h3-4,6,11-14,20H,5,7-10H2,1-2H3/t20-/m0/s1. The number of hydrogen-bond acceptors (Lipinski definition) is 5. The summed E-state index contributed by atoms with van der Waals surface area (Å²) in [7, 11) is 1.74. The number of aromatic nitrogens is 3. The van der Waals surface area contributed by atoms with Crippen molar-refractivity contribution in [2.24, 2.45) is 12.1 Å². The Hall–Kier alpha value is -3.89. The number of benzene rings is 1. The predicted molar refractivity (Wildman–Crippen MR) is 124 cm³/mol. The van der Waals surface area contributed by atoms with Crippen molar-refractivity contribution in [1.82, 2.24) is 24.7 Å². The highest BCUT2D eigenvalue weighted by Gasteiger charge is 2.34. The van der Waals surface area contributed by atoms with Crippen LogP contribution in [-0.4, -0.2) is 63.1 Å². The van der Waals surface area contributed by atoms with Crippen LogP contribution in [0.4, 0.5) is 23.8 Å². The molecule has 0 unspecified atom stereocenters. The van der Waals surface area contributed by atoms with Crippen LogP contribution >= 0.6 is 0 Å². The Bertz CT molecular complexity index is 1260. The minimum absolute atomic E-state index is 0.232. The molecule has 2 aliphatic heterocycles. The maximum absolute atomic E-state index is 14.6. The Morgan fingerprint density at radius 3 is 2.40 bits per heavy atom. The highest BCUT2D eigenvalue weighted by molar-refractivity contribution is 5.79. The first-order chi connectivity index (χ1) is 16.8. The van der Waals surface area contributed by atoms with Gasteiger partial charge in [0.1, 0.15) is 23.1 Å². The summed E-state index contributed by atoms with van der Waals surface area (Å²) in [5, 5.41) is 9.62. The summed E-state index contributed by atoms with van der Waals surface area (Å²) in [6.45, 7) is 3.63. The number of anilines is 1. The predicted octanol–water partition coefficient (Wildman–Crippen LogP) is 3.88. The third kappa shape index (κ3) is 4.33. The molecule has 0 aliphatic carbocycles. The number of aryl methyl sites for hydroxylation is 2. The van der Waals surface area contributed by atoms with E-state index in [0.29, 0.717) is 49.7 Å². The first kappa shape index (κ1) is 22.9. The first-order valence-corrected chi connectivity index (χ1v) is 11.3. The van der Waals surface area contributed by atoms with Gasteiger partial charge in [-0.25, -0.2) is 28.0 Å². The minimum atomic E-state index is -0.694. The molecule has 0 N–H and O–H groups in total. The highest BCUT2D eigenvalue weighted by Crippen LogP contribution is 2.31. The molecule has 8 nitrogen and oxygen atoms in total. The number of urea groups is 1. The molecule has 35 heavy (non-hydrogen) atoms. The molecular formula is C24H24F3N7O. The molecule has 0 bridgehead atoms. The third-order valence-corrected chi connectivity index (χ3v) is 6.35. The molecule has 1 saturated heterocycles. The van der Waals surface area contributed by atoms with Crippen molar-refractivity contribution < 1.29 is 18.0 Å². The maximum Gasteiger partial charge on any atom is 0.341 e. The van der Waals surface area contributed by atoms with Crippen LogP contribution in [0.25, 0.3) is 11.4 Å². The van der Waals surface area contributed by atoms with Gasteiger partial charge >= 0.3 is 6.03 Å². The molecule has 5 rings (SSSR count). The number of hydrogen-bond donors (Lipinski definition) is 0. The molecule has 1 atom stereocenters. The fourth-order valence-electron chi connectivity index (χ4n) is 4.58. The molecular weight excluding hydrogens is 459 g/mol. The fourth-order valence-corrected chi connectivity index (χ4v) is 4.58. The Morgan fingerprint density at radius 1 is 1.03 bits per heavy atom. The number of piperazine rings is 1. The fraction of sp³-hybridized carbons (Fsp3) is 0.333. The molecule has 2 amide bonds. The minimum Gasteiger partial charge on any atom is -0.353 e. The van der Waals surface area contributed by atoms with Crippen LogP contribution in [0.5, 0.6) is 0 Å². The van der Waals surface area contributed by atoms with Crippen molar-refractivity contribution in [3.63, 3.8) is 0 Å². The zero-order valence-electron chi connectivity index (χ0n) is 19.3. The Morgan fingerprint density at radius 2 is 1.74 bits per heavy atom. The van der Waals surface area contributed by atoms with Gasteiger partial charge in [0.15, 0.2) is 5.82 Å². The van der Waals surface area contributed by atoms with E-state index in [4.69, 9.17) is 0 Å². The molecule has 11 heteroatoms.